The highest BCUT2D eigenvalue weighted by Crippen LogP contribution is 2.18. The maximum absolute atomic E-state index is 12.0. The van der Waals surface area contributed by atoms with Gasteiger partial charge in [0.15, 0.2) is 0 Å². The van der Waals surface area contributed by atoms with Crippen LogP contribution >= 0.6 is 12.4 Å². The Bertz CT molecular complexity index is 470. The number of nitrogens with two attached hydrogens (primary N) is 1. The van der Waals surface area contributed by atoms with Crippen LogP contribution in [-0.2, 0) is 0 Å². The quantitative estimate of drug-likeness (QED) is 0.659. The van der Waals surface area contributed by atoms with E-state index in [2.05, 4.69) is 5.32 Å². The predicted octanol–water partition coefficient (Wildman–Crippen LogP) is 2.02. The Morgan fingerprint density at radius 1 is 1.20 bits per heavy atom. The highest BCUT2D eigenvalue weighted by molar-refractivity contribution is 5.94. The zero-order chi connectivity index (χ0) is 13.8. The molecule has 0 unspecified atom stereocenters. The van der Waals surface area contributed by atoms with Crippen molar-refractivity contribution in [3.05, 3.63) is 39.9 Å². The number of hydrogen-bond acceptors (Lipinski definition) is 4. The normalized spacial score (nSPS) is 21.6. The van der Waals surface area contributed by atoms with Crippen LogP contribution in [0.5, 0.6) is 0 Å². The minimum Gasteiger partial charge on any atom is -0.349 e. The van der Waals surface area contributed by atoms with E-state index in [1.54, 1.807) is 0 Å². The van der Waals surface area contributed by atoms with Gasteiger partial charge in [-0.3, -0.25) is 14.9 Å². The number of nitro groups is 1. The van der Waals surface area contributed by atoms with Crippen molar-refractivity contribution < 1.29 is 9.72 Å². The van der Waals surface area contributed by atoms with Gasteiger partial charge in [0.05, 0.1) is 4.92 Å². The lowest BCUT2D eigenvalue weighted by molar-refractivity contribution is -0.384. The van der Waals surface area contributed by atoms with Crippen LogP contribution < -0.4 is 11.1 Å². The van der Waals surface area contributed by atoms with Gasteiger partial charge in [0.1, 0.15) is 0 Å². The van der Waals surface area contributed by atoms with Crippen molar-refractivity contribution in [3.63, 3.8) is 0 Å². The Morgan fingerprint density at radius 3 is 2.25 bits per heavy atom. The lowest BCUT2D eigenvalue weighted by Gasteiger charge is -2.26. The second-order valence-electron chi connectivity index (χ2n) is 4.89. The molecule has 0 bridgehead atoms. The molecule has 6 nitrogen and oxygen atoms in total. The zero-order valence-electron chi connectivity index (χ0n) is 11.0. The predicted molar refractivity (Wildman–Crippen MR) is 78.0 cm³/mol. The highest BCUT2D eigenvalue weighted by Gasteiger charge is 2.20. The first-order valence-electron chi connectivity index (χ1n) is 6.37. The summed E-state index contributed by atoms with van der Waals surface area (Å²) in [5, 5.41) is 13.5. The number of carbonyl (C=O) groups is 1. The molecule has 0 radical (unpaired) electrons. The summed E-state index contributed by atoms with van der Waals surface area (Å²) in [6, 6.07) is 6.02. The number of hydrogen-bond donors (Lipinski definition) is 2. The number of benzene rings is 1. The van der Waals surface area contributed by atoms with Gasteiger partial charge in [-0.05, 0) is 37.8 Å². The molecular formula is C13H18ClN3O3. The van der Waals surface area contributed by atoms with Crippen LogP contribution in [-0.4, -0.2) is 22.9 Å². The Hall–Kier alpha value is -1.66. The fourth-order valence-electron chi connectivity index (χ4n) is 2.27. The van der Waals surface area contributed by atoms with Gasteiger partial charge in [-0.25, -0.2) is 0 Å². The largest absolute Gasteiger partial charge is 0.349 e. The van der Waals surface area contributed by atoms with E-state index < -0.39 is 4.92 Å². The van der Waals surface area contributed by atoms with E-state index in [9.17, 15) is 14.9 Å². The van der Waals surface area contributed by atoms with E-state index in [0.29, 0.717) is 5.56 Å². The molecule has 1 aromatic carbocycles. The molecule has 0 spiro atoms. The van der Waals surface area contributed by atoms with Crippen LogP contribution in [0.15, 0.2) is 24.3 Å². The molecule has 110 valence electrons. The van der Waals surface area contributed by atoms with Crippen molar-refractivity contribution in [3.8, 4) is 0 Å². The van der Waals surface area contributed by atoms with Gasteiger partial charge in [0.25, 0.3) is 11.6 Å². The van der Waals surface area contributed by atoms with Crippen LogP contribution in [0.1, 0.15) is 36.0 Å². The van der Waals surface area contributed by atoms with Crippen LogP contribution in [0.25, 0.3) is 0 Å². The molecule has 1 aliphatic carbocycles. The number of non-ortho nitro benzene ring substituents is 1. The monoisotopic (exact) mass is 299 g/mol. The van der Waals surface area contributed by atoms with Crippen molar-refractivity contribution >= 4 is 24.0 Å². The second-order valence-corrected chi connectivity index (χ2v) is 4.89. The van der Waals surface area contributed by atoms with Crippen LogP contribution in [0.2, 0.25) is 0 Å². The first-order valence-corrected chi connectivity index (χ1v) is 6.37. The van der Waals surface area contributed by atoms with E-state index in [-0.39, 0.29) is 36.1 Å². The average Bonchev–Trinajstić information content (AvgIpc) is 2.41. The molecule has 0 saturated heterocycles. The zero-order valence-corrected chi connectivity index (χ0v) is 11.8. The van der Waals surface area contributed by atoms with Gasteiger partial charge >= 0.3 is 0 Å². The van der Waals surface area contributed by atoms with Gasteiger partial charge < -0.3 is 11.1 Å². The van der Waals surface area contributed by atoms with Crippen molar-refractivity contribution in [1.29, 1.82) is 0 Å². The van der Waals surface area contributed by atoms with Gasteiger partial charge in [-0.15, -0.1) is 12.4 Å². The van der Waals surface area contributed by atoms with Gasteiger partial charge in [0.2, 0.25) is 0 Å². The minimum atomic E-state index is -0.482. The van der Waals surface area contributed by atoms with Crippen molar-refractivity contribution in [2.75, 3.05) is 0 Å². The third-order valence-electron chi connectivity index (χ3n) is 3.45. The molecule has 2 rings (SSSR count). The highest BCUT2D eigenvalue weighted by atomic mass is 35.5. The molecule has 1 saturated carbocycles. The van der Waals surface area contributed by atoms with Crippen LogP contribution in [0.3, 0.4) is 0 Å². The molecule has 0 aromatic heterocycles. The van der Waals surface area contributed by atoms with Crippen LogP contribution in [0, 0.1) is 10.1 Å². The summed E-state index contributed by atoms with van der Waals surface area (Å²) in [5.41, 5.74) is 6.24. The Labute approximate surface area is 123 Å². The third-order valence-corrected chi connectivity index (χ3v) is 3.45. The molecule has 0 atom stereocenters. The SMILES string of the molecule is Cl.NC1CCC(NC(=O)c2ccc([N+](=O)[O-])cc2)CC1. The average molecular weight is 300 g/mol. The maximum Gasteiger partial charge on any atom is 0.269 e. The van der Waals surface area contributed by atoms with Gasteiger partial charge in [-0.1, -0.05) is 0 Å². The lowest BCUT2D eigenvalue weighted by atomic mass is 9.91. The summed E-state index contributed by atoms with van der Waals surface area (Å²) in [4.78, 5) is 22.0. The smallest absolute Gasteiger partial charge is 0.269 e. The molecule has 3 N–H and O–H groups in total. The molecule has 1 amide bonds. The maximum atomic E-state index is 12.0. The van der Waals surface area contributed by atoms with E-state index >= 15 is 0 Å². The lowest BCUT2D eigenvalue weighted by Crippen LogP contribution is -2.40. The minimum absolute atomic E-state index is 0. The van der Waals surface area contributed by atoms with E-state index in [1.807, 2.05) is 0 Å². The summed E-state index contributed by atoms with van der Waals surface area (Å²) < 4.78 is 0. The molecule has 0 aliphatic heterocycles. The second kappa shape index (κ2) is 7.21. The van der Waals surface area contributed by atoms with Gasteiger partial charge in [0, 0.05) is 29.8 Å². The topological polar surface area (TPSA) is 98.3 Å². The number of rotatable bonds is 3. The molecular weight excluding hydrogens is 282 g/mol. The Kier molecular flexibility index (Phi) is 5.91. The van der Waals surface area contributed by atoms with Crippen molar-refractivity contribution in [1.82, 2.24) is 5.32 Å². The number of carbonyl (C=O) groups excluding carboxylic acids is 1. The van der Waals surface area contributed by atoms with E-state index in [4.69, 9.17) is 5.73 Å². The molecule has 1 aromatic rings. The summed E-state index contributed by atoms with van der Waals surface area (Å²) in [6.45, 7) is 0. The van der Waals surface area contributed by atoms with Crippen molar-refractivity contribution in [2.45, 2.75) is 37.8 Å². The Balaban J connectivity index is 0.00000200. The Morgan fingerprint density at radius 2 is 1.75 bits per heavy atom. The number of nitrogens with zero attached hydrogens (tertiary/aromatic N) is 1. The molecule has 0 heterocycles. The summed E-state index contributed by atoms with van der Waals surface area (Å²) >= 11 is 0. The number of amides is 1. The van der Waals surface area contributed by atoms with Crippen LogP contribution in [0.4, 0.5) is 5.69 Å². The van der Waals surface area contributed by atoms with Crippen molar-refractivity contribution in [2.24, 2.45) is 5.73 Å². The fraction of sp³-hybridized carbons (Fsp3) is 0.462. The summed E-state index contributed by atoms with van der Waals surface area (Å²) in [5.74, 6) is -0.185. The third kappa shape index (κ3) is 4.18. The number of halogens is 1. The fourth-order valence-corrected chi connectivity index (χ4v) is 2.27. The number of nitro benzene ring substituents is 1. The first kappa shape index (κ1) is 16.4. The van der Waals surface area contributed by atoms with E-state index in [0.717, 1.165) is 25.7 Å². The molecule has 1 aliphatic rings. The summed E-state index contributed by atoms with van der Waals surface area (Å²) in [7, 11) is 0. The molecule has 7 heteroatoms. The standard InChI is InChI=1S/C13H17N3O3.ClH/c14-10-3-5-11(6-4-10)15-13(17)9-1-7-12(8-2-9)16(18)19;/h1-2,7-8,10-11H,3-6,14H2,(H,15,17);1H. The first-order chi connectivity index (χ1) is 9.06. The molecule has 20 heavy (non-hydrogen) atoms. The number of nitrogens with one attached hydrogen (secondary N) is 1. The van der Waals surface area contributed by atoms with E-state index in [1.165, 1.54) is 24.3 Å². The summed E-state index contributed by atoms with van der Waals surface area (Å²) in [6.07, 6.45) is 3.62. The van der Waals surface area contributed by atoms with Gasteiger partial charge in [-0.2, -0.15) is 0 Å². The molecule has 1 fully saturated rings.